The molecule has 1 atom stereocenters. The molecule has 0 fully saturated rings. The SMILES string of the molecule is CCCC(CCO)CNCc1cncn1CC. The maximum Gasteiger partial charge on any atom is 0.0948 e. The number of hydrogen-bond acceptors (Lipinski definition) is 3. The molecule has 0 amide bonds. The number of nitrogens with one attached hydrogen (secondary N) is 1. The van der Waals surface area contributed by atoms with Crippen LogP contribution in [0.1, 0.15) is 38.8 Å². The van der Waals surface area contributed by atoms with Gasteiger partial charge in [-0.3, -0.25) is 0 Å². The molecule has 1 heterocycles. The molecule has 4 nitrogen and oxygen atoms in total. The fraction of sp³-hybridized carbons (Fsp3) is 0.769. The van der Waals surface area contributed by atoms with E-state index in [0.717, 1.165) is 26.1 Å². The Kier molecular flexibility index (Phi) is 6.89. The fourth-order valence-corrected chi connectivity index (χ4v) is 2.12. The van der Waals surface area contributed by atoms with Crippen molar-refractivity contribution >= 4 is 0 Å². The van der Waals surface area contributed by atoms with Gasteiger partial charge < -0.3 is 15.0 Å². The summed E-state index contributed by atoms with van der Waals surface area (Å²) in [7, 11) is 0. The number of aryl methyl sites for hydroxylation is 1. The van der Waals surface area contributed by atoms with E-state index in [1.807, 2.05) is 12.5 Å². The minimum atomic E-state index is 0.291. The van der Waals surface area contributed by atoms with Gasteiger partial charge in [0.25, 0.3) is 0 Å². The first-order valence-corrected chi connectivity index (χ1v) is 6.62. The van der Waals surface area contributed by atoms with Crippen molar-refractivity contribution in [1.82, 2.24) is 14.9 Å². The van der Waals surface area contributed by atoms with Crippen molar-refractivity contribution in [2.75, 3.05) is 13.2 Å². The van der Waals surface area contributed by atoms with Crippen molar-refractivity contribution in [2.45, 2.75) is 46.2 Å². The minimum absolute atomic E-state index is 0.291. The molecule has 1 aromatic heterocycles. The van der Waals surface area contributed by atoms with Gasteiger partial charge in [0, 0.05) is 25.9 Å². The van der Waals surface area contributed by atoms with Gasteiger partial charge in [0.15, 0.2) is 0 Å². The van der Waals surface area contributed by atoms with Crippen LogP contribution in [0.4, 0.5) is 0 Å². The summed E-state index contributed by atoms with van der Waals surface area (Å²) >= 11 is 0. The molecule has 1 aromatic rings. The van der Waals surface area contributed by atoms with Gasteiger partial charge in [-0.1, -0.05) is 13.3 Å². The summed E-state index contributed by atoms with van der Waals surface area (Å²) < 4.78 is 2.15. The van der Waals surface area contributed by atoms with Crippen LogP contribution in [0, 0.1) is 5.92 Å². The highest BCUT2D eigenvalue weighted by Gasteiger charge is 2.07. The van der Waals surface area contributed by atoms with E-state index < -0.39 is 0 Å². The lowest BCUT2D eigenvalue weighted by Crippen LogP contribution is -2.24. The first-order chi connectivity index (χ1) is 8.31. The minimum Gasteiger partial charge on any atom is -0.396 e. The Bertz CT molecular complexity index is 293. The average Bonchev–Trinajstić information content (AvgIpc) is 2.77. The number of imidazole rings is 1. The molecule has 0 saturated carbocycles. The summed E-state index contributed by atoms with van der Waals surface area (Å²) in [5.41, 5.74) is 1.23. The van der Waals surface area contributed by atoms with Crippen molar-refractivity contribution in [3.63, 3.8) is 0 Å². The molecule has 0 aromatic carbocycles. The van der Waals surface area contributed by atoms with Gasteiger partial charge >= 0.3 is 0 Å². The molecule has 1 unspecified atom stereocenters. The third-order valence-electron chi connectivity index (χ3n) is 3.11. The lowest BCUT2D eigenvalue weighted by atomic mass is 10.0. The van der Waals surface area contributed by atoms with E-state index in [-0.39, 0.29) is 0 Å². The van der Waals surface area contributed by atoms with Gasteiger partial charge in [0.1, 0.15) is 0 Å². The average molecular weight is 239 g/mol. The predicted molar refractivity (Wildman–Crippen MR) is 69.7 cm³/mol. The Morgan fingerprint density at radius 1 is 1.41 bits per heavy atom. The molecule has 2 N–H and O–H groups in total. The van der Waals surface area contributed by atoms with E-state index in [1.54, 1.807) is 0 Å². The van der Waals surface area contributed by atoms with Crippen molar-refractivity contribution < 1.29 is 5.11 Å². The van der Waals surface area contributed by atoms with E-state index in [4.69, 9.17) is 5.11 Å². The van der Waals surface area contributed by atoms with E-state index in [2.05, 4.69) is 28.7 Å². The number of aromatic nitrogens is 2. The molecule has 98 valence electrons. The van der Waals surface area contributed by atoms with Gasteiger partial charge in [-0.05, 0) is 32.2 Å². The van der Waals surface area contributed by atoms with Crippen LogP contribution in [-0.2, 0) is 13.1 Å². The number of aliphatic hydroxyl groups excluding tert-OH is 1. The summed E-state index contributed by atoms with van der Waals surface area (Å²) in [6.07, 6.45) is 7.04. The fourth-order valence-electron chi connectivity index (χ4n) is 2.12. The topological polar surface area (TPSA) is 50.1 Å². The largest absolute Gasteiger partial charge is 0.396 e. The quantitative estimate of drug-likeness (QED) is 0.691. The Morgan fingerprint density at radius 3 is 2.88 bits per heavy atom. The normalized spacial score (nSPS) is 12.9. The lowest BCUT2D eigenvalue weighted by molar-refractivity contribution is 0.248. The predicted octanol–water partition coefficient (Wildman–Crippen LogP) is 1.79. The van der Waals surface area contributed by atoms with Gasteiger partial charge in [-0.25, -0.2) is 4.98 Å². The number of rotatable bonds is 9. The molecule has 0 aliphatic heterocycles. The van der Waals surface area contributed by atoms with Crippen LogP contribution in [-0.4, -0.2) is 27.8 Å². The molecule has 0 aliphatic rings. The Balaban J connectivity index is 2.30. The van der Waals surface area contributed by atoms with Crippen LogP contribution in [0.25, 0.3) is 0 Å². The first-order valence-electron chi connectivity index (χ1n) is 6.62. The summed E-state index contributed by atoms with van der Waals surface area (Å²) in [6, 6.07) is 0. The molecular weight excluding hydrogens is 214 g/mol. The smallest absolute Gasteiger partial charge is 0.0948 e. The highest BCUT2D eigenvalue weighted by molar-refractivity contribution is 4.97. The monoisotopic (exact) mass is 239 g/mol. The van der Waals surface area contributed by atoms with Crippen LogP contribution in [0.2, 0.25) is 0 Å². The van der Waals surface area contributed by atoms with Crippen LogP contribution in [0.3, 0.4) is 0 Å². The van der Waals surface area contributed by atoms with E-state index in [0.29, 0.717) is 12.5 Å². The summed E-state index contributed by atoms with van der Waals surface area (Å²) in [5, 5.41) is 12.4. The van der Waals surface area contributed by atoms with E-state index in [9.17, 15) is 0 Å². The molecule has 0 spiro atoms. The molecule has 0 bridgehead atoms. The Labute approximate surface area is 104 Å². The van der Waals surface area contributed by atoms with Gasteiger partial charge in [-0.15, -0.1) is 0 Å². The van der Waals surface area contributed by atoms with Gasteiger partial charge in [0.05, 0.1) is 12.0 Å². The standard InChI is InChI=1S/C13H25N3O/c1-3-5-12(6-7-17)8-14-9-13-10-15-11-16(13)4-2/h10-12,14,17H,3-9H2,1-2H3. The molecule has 4 heteroatoms. The van der Waals surface area contributed by atoms with Crippen molar-refractivity contribution in [3.05, 3.63) is 18.2 Å². The zero-order chi connectivity index (χ0) is 12.5. The summed E-state index contributed by atoms with van der Waals surface area (Å²) in [5.74, 6) is 0.586. The van der Waals surface area contributed by atoms with Crippen molar-refractivity contribution in [1.29, 1.82) is 0 Å². The molecule has 1 rings (SSSR count). The van der Waals surface area contributed by atoms with Crippen LogP contribution >= 0.6 is 0 Å². The van der Waals surface area contributed by atoms with Crippen LogP contribution in [0.15, 0.2) is 12.5 Å². The zero-order valence-corrected chi connectivity index (χ0v) is 11.0. The summed E-state index contributed by atoms with van der Waals surface area (Å²) in [4.78, 5) is 4.15. The molecule has 0 saturated heterocycles. The highest BCUT2D eigenvalue weighted by atomic mass is 16.3. The third-order valence-corrected chi connectivity index (χ3v) is 3.11. The molecule has 0 radical (unpaired) electrons. The second-order valence-corrected chi connectivity index (χ2v) is 4.47. The molecule has 17 heavy (non-hydrogen) atoms. The molecular formula is C13H25N3O. The first kappa shape index (κ1) is 14.2. The maximum absolute atomic E-state index is 8.99. The number of nitrogens with zero attached hydrogens (tertiary/aromatic N) is 2. The Morgan fingerprint density at radius 2 is 2.24 bits per heavy atom. The number of aliphatic hydroxyl groups is 1. The van der Waals surface area contributed by atoms with E-state index >= 15 is 0 Å². The van der Waals surface area contributed by atoms with Crippen molar-refractivity contribution in [2.24, 2.45) is 5.92 Å². The summed E-state index contributed by atoms with van der Waals surface area (Å²) in [6.45, 7) is 7.40. The van der Waals surface area contributed by atoms with E-state index in [1.165, 1.54) is 18.5 Å². The second-order valence-electron chi connectivity index (χ2n) is 4.47. The molecule has 0 aliphatic carbocycles. The lowest BCUT2D eigenvalue weighted by Gasteiger charge is -2.15. The van der Waals surface area contributed by atoms with Crippen LogP contribution < -0.4 is 5.32 Å². The second kappa shape index (κ2) is 8.25. The Hall–Kier alpha value is -0.870. The number of hydrogen-bond donors (Lipinski definition) is 2. The maximum atomic E-state index is 8.99. The van der Waals surface area contributed by atoms with Gasteiger partial charge in [0.2, 0.25) is 0 Å². The highest BCUT2D eigenvalue weighted by Crippen LogP contribution is 2.09. The van der Waals surface area contributed by atoms with Crippen LogP contribution in [0.5, 0.6) is 0 Å². The third kappa shape index (κ3) is 4.88. The van der Waals surface area contributed by atoms with Gasteiger partial charge in [-0.2, -0.15) is 0 Å². The van der Waals surface area contributed by atoms with Crippen molar-refractivity contribution in [3.8, 4) is 0 Å². The zero-order valence-electron chi connectivity index (χ0n) is 11.0.